The number of halogens is 1. The molecule has 0 spiro atoms. The fourth-order valence-electron chi connectivity index (χ4n) is 1.48. The van der Waals surface area contributed by atoms with Gasteiger partial charge in [0.25, 0.3) is 0 Å². The van der Waals surface area contributed by atoms with Crippen LogP contribution in [-0.2, 0) is 4.74 Å². The monoisotopic (exact) mass is 287 g/mol. The molecule has 0 saturated heterocycles. The maximum absolute atomic E-state index is 5.51. The van der Waals surface area contributed by atoms with Crippen LogP contribution in [0, 0.1) is 0 Å². The van der Waals surface area contributed by atoms with Crippen molar-refractivity contribution in [3.8, 4) is 0 Å². The molecule has 0 aliphatic carbocycles. The molecule has 0 amide bonds. The van der Waals surface area contributed by atoms with E-state index in [-0.39, 0.29) is 6.04 Å². The molecule has 90 valence electrons. The molecule has 4 nitrogen and oxygen atoms in total. The predicted molar refractivity (Wildman–Crippen MR) is 69.5 cm³/mol. The molecule has 1 heterocycles. The average Bonchev–Trinajstić information content (AvgIpc) is 2.29. The third kappa shape index (κ3) is 4.47. The number of hydrogen-bond donors (Lipinski definition) is 2. The summed E-state index contributed by atoms with van der Waals surface area (Å²) < 4.78 is 6.00. The molecule has 0 fully saturated rings. The number of nitrogens with one attached hydrogen (secondary N) is 1. The van der Waals surface area contributed by atoms with E-state index in [1.54, 1.807) is 13.3 Å². The molecule has 1 unspecified atom stereocenters. The van der Waals surface area contributed by atoms with Crippen LogP contribution >= 0.6 is 15.9 Å². The second-order valence-electron chi connectivity index (χ2n) is 3.57. The van der Waals surface area contributed by atoms with Crippen LogP contribution in [0.2, 0.25) is 0 Å². The first kappa shape index (κ1) is 13.4. The number of pyridine rings is 1. The van der Waals surface area contributed by atoms with Crippen LogP contribution in [0.1, 0.15) is 12.8 Å². The summed E-state index contributed by atoms with van der Waals surface area (Å²) >= 11 is 3.40. The second-order valence-corrected chi connectivity index (χ2v) is 4.32. The minimum Gasteiger partial charge on any atom is -0.383 e. The van der Waals surface area contributed by atoms with Crippen molar-refractivity contribution in [2.75, 3.05) is 25.6 Å². The molecular formula is C11H18BrN3O. The van der Waals surface area contributed by atoms with E-state index in [4.69, 9.17) is 10.5 Å². The number of ether oxygens (including phenoxy) is 1. The summed E-state index contributed by atoms with van der Waals surface area (Å²) in [4.78, 5) is 4.16. The van der Waals surface area contributed by atoms with Crippen molar-refractivity contribution in [2.45, 2.75) is 18.9 Å². The van der Waals surface area contributed by atoms with Gasteiger partial charge >= 0.3 is 0 Å². The van der Waals surface area contributed by atoms with E-state index in [1.165, 1.54) is 0 Å². The Morgan fingerprint density at radius 1 is 1.62 bits per heavy atom. The van der Waals surface area contributed by atoms with Crippen molar-refractivity contribution in [1.29, 1.82) is 0 Å². The number of anilines is 1. The predicted octanol–water partition coefficient (Wildman–Crippen LogP) is 2.01. The molecule has 1 aromatic rings. The van der Waals surface area contributed by atoms with E-state index in [0.29, 0.717) is 13.2 Å². The number of hydrogen-bond acceptors (Lipinski definition) is 4. The van der Waals surface area contributed by atoms with E-state index >= 15 is 0 Å². The third-order valence-corrected chi connectivity index (χ3v) is 2.88. The van der Waals surface area contributed by atoms with Crippen LogP contribution in [0.5, 0.6) is 0 Å². The SMILES string of the molecule is COCC(CCCN)Nc1cccnc1Br. The van der Waals surface area contributed by atoms with Crippen molar-refractivity contribution in [2.24, 2.45) is 5.73 Å². The summed E-state index contributed by atoms with van der Waals surface area (Å²) in [6, 6.07) is 4.16. The standard InChI is InChI=1S/C11H18BrN3O/c1-16-8-9(4-2-6-13)15-10-5-3-7-14-11(10)12/h3,5,7,9,15H,2,4,6,8,13H2,1H3. The van der Waals surface area contributed by atoms with Gasteiger partial charge in [0, 0.05) is 19.3 Å². The molecule has 3 N–H and O–H groups in total. The Morgan fingerprint density at radius 2 is 2.44 bits per heavy atom. The highest BCUT2D eigenvalue weighted by Crippen LogP contribution is 2.20. The minimum absolute atomic E-state index is 0.272. The Kier molecular flexibility index (Phi) is 6.37. The van der Waals surface area contributed by atoms with Crippen molar-refractivity contribution >= 4 is 21.6 Å². The molecule has 0 aliphatic rings. The molecule has 1 atom stereocenters. The van der Waals surface area contributed by atoms with Crippen LogP contribution < -0.4 is 11.1 Å². The van der Waals surface area contributed by atoms with Gasteiger partial charge in [-0.3, -0.25) is 0 Å². The first-order valence-corrected chi connectivity index (χ1v) is 6.13. The summed E-state index contributed by atoms with van der Waals surface area (Å²) in [5.74, 6) is 0. The highest BCUT2D eigenvalue weighted by atomic mass is 79.9. The summed E-state index contributed by atoms with van der Waals surface area (Å²) in [7, 11) is 1.70. The maximum atomic E-state index is 5.51. The number of nitrogens with two attached hydrogens (primary N) is 1. The second kappa shape index (κ2) is 7.60. The first-order valence-electron chi connectivity index (χ1n) is 5.34. The quantitative estimate of drug-likeness (QED) is 0.753. The Balaban J connectivity index is 2.56. The summed E-state index contributed by atoms with van der Waals surface area (Å²) in [6.07, 6.45) is 3.73. The maximum Gasteiger partial charge on any atom is 0.129 e. The Hall–Kier alpha value is -0.650. The average molecular weight is 288 g/mol. The number of aromatic nitrogens is 1. The highest BCUT2D eigenvalue weighted by Gasteiger charge is 2.09. The van der Waals surface area contributed by atoms with Gasteiger partial charge in [0.2, 0.25) is 0 Å². The lowest BCUT2D eigenvalue weighted by Gasteiger charge is -2.19. The van der Waals surface area contributed by atoms with Crippen molar-refractivity contribution in [1.82, 2.24) is 4.98 Å². The van der Waals surface area contributed by atoms with Crippen LogP contribution in [0.25, 0.3) is 0 Å². The van der Waals surface area contributed by atoms with Crippen LogP contribution in [-0.4, -0.2) is 31.3 Å². The highest BCUT2D eigenvalue weighted by molar-refractivity contribution is 9.10. The number of rotatable bonds is 7. The van der Waals surface area contributed by atoms with E-state index in [0.717, 1.165) is 23.1 Å². The van der Waals surface area contributed by atoms with Gasteiger partial charge in [-0.15, -0.1) is 0 Å². The first-order chi connectivity index (χ1) is 7.77. The van der Waals surface area contributed by atoms with Crippen molar-refractivity contribution < 1.29 is 4.74 Å². The van der Waals surface area contributed by atoms with E-state index < -0.39 is 0 Å². The molecule has 0 aliphatic heterocycles. The zero-order valence-corrected chi connectivity index (χ0v) is 11.0. The Morgan fingerprint density at radius 3 is 3.06 bits per heavy atom. The largest absolute Gasteiger partial charge is 0.383 e. The van der Waals surface area contributed by atoms with Gasteiger partial charge in [0.15, 0.2) is 0 Å². The molecule has 5 heteroatoms. The van der Waals surface area contributed by atoms with Gasteiger partial charge in [-0.25, -0.2) is 4.98 Å². The molecule has 0 aromatic carbocycles. The summed E-state index contributed by atoms with van der Waals surface area (Å²) in [5, 5.41) is 3.39. The van der Waals surface area contributed by atoms with Gasteiger partial charge in [0.05, 0.1) is 12.3 Å². The zero-order chi connectivity index (χ0) is 11.8. The molecule has 1 aromatic heterocycles. The fraction of sp³-hybridized carbons (Fsp3) is 0.545. The van der Waals surface area contributed by atoms with E-state index in [1.807, 2.05) is 12.1 Å². The summed E-state index contributed by atoms with van der Waals surface area (Å²) in [5.41, 5.74) is 6.49. The van der Waals surface area contributed by atoms with Gasteiger partial charge in [0.1, 0.15) is 4.60 Å². The topological polar surface area (TPSA) is 60.2 Å². The lowest BCUT2D eigenvalue weighted by Crippen LogP contribution is -2.26. The minimum atomic E-state index is 0.272. The van der Waals surface area contributed by atoms with Gasteiger partial charge in [-0.1, -0.05) is 0 Å². The Labute approximate surface area is 105 Å². The van der Waals surface area contributed by atoms with Crippen molar-refractivity contribution in [3.63, 3.8) is 0 Å². The number of methoxy groups -OCH3 is 1. The number of nitrogens with zero attached hydrogens (tertiary/aromatic N) is 1. The normalized spacial score (nSPS) is 12.4. The third-order valence-electron chi connectivity index (χ3n) is 2.24. The van der Waals surface area contributed by atoms with Crippen LogP contribution in [0.4, 0.5) is 5.69 Å². The lowest BCUT2D eigenvalue weighted by atomic mass is 10.1. The molecular weight excluding hydrogens is 270 g/mol. The Bertz CT molecular complexity index is 309. The molecule has 1 rings (SSSR count). The smallest absolute Gasteiger partial charge is 0.129 e. The van der Waals surface area contributed by atoms with Crippen LogP contribution in [0.15, 0.2) is 22.9 Å². The fourth-order valence-corrected chi connectivity index (χ4v) is 1.84. The molecule has 0 bridgehead atoms. The molecule has 16 heavy (non-hydrogen) atoms. The van der Waals surface area contributed by atoms with E-state index in [2.05, 4.69) is 26.2 Å². The molecule has 0 radical (unpaired) electrons. The van der Waals surface area contributed by atoms with E-state index in [9.17, 15) is 0 Å². The van der Waals surface area contributed by atoms with Gasteiger partial charge < -0.3 is 15.8 Å². The summed E-state index contributed by atoms with van der Waals surface area (Å²) in [6.45, 7) is 1.37. The van der Waals surface area contributed by atoms with Gasteiger partial charge in [-0.2, -0.15) is 0 Å². The van der Waals surface area contributed by atoms with Gasteiger partial charge in [-0.05, 0) is 47.4 Å². The zero-order valence-electron chi connectivity index (χ0n) is 9.45. The lowest BCUT2D eigenvalue weighted by molar-refractivity contribution is 0.182. The van der Waals surface area contributed by atoms with Crippen molar-refractivity contribution in [3.05, 3.63) is 22.9 Å². The molecule has 0 saturated carbocycles. The van der Waals surface area contributed by atoms with Crippen LogP contribution in [0.3, 0.4) is 0 Å².